The first kappa shape index (κ1) is 26.4. The molecule has 0 atom stereocenters. The van der Waals surface area contributed by atoms with Gasteiger partial charge in [0.2, 0.25) is 10.0 Å². The molecule has 202 valence electrons. The molecule has 8 nitrogen and oxygen atoms in total. The lowest BCUT2D eigenvalue weighted by Crippen LogP contribution is -2.40. The van der Waals surface area contributed by atoms with E-state index in [4.69, 9.17) is 4.74 Å². The zero-order valence-corrected chi connectivity index (χ0v) is 21.7. The fourth-order valence-electron chi connectivity index (χ4n) is 5.11. The maximum Gasteiger partial charge on any atom is 0.244 e. The van der Waals surface area contributed by atoms with Crippen LogP contribution in [-0.2, 0) is 33.3 Å². The van der Waals surface area contributed by atoms with Gasteiger partial charge in [-0.15, -0.1) is 0 Å². The molecule has 3 aromatic rings. The van der Waals surface area contributed by atoms with E-state index in [0.717, 1.165) is 29.3 Å². The molecule has 2 aliphatic rings. The van der Waals surface area contributed by atoms with Gasteiger partial charge in [-0.05, 0) is 51.0 Å². The molecule has 1 fully saturated rings. The van der Waals surface area contributed by atoms with Crippen LogP contribution in [0.1, 0.15) is 54.0 Å². The van der Waals surface area contributed by atoms with Crippen LogP contribution in [0.3, 0.4) is 0 Å². The van der Waals surface area contributed by atoms with Crippen molar-refractivity contribution in [2.75, 3.05) is 18.5 Å². The van der Waals surface area contributed by atoms with Crippen molar-refractivity contribution >= 4 is 21.5 Å². The molecule has 5 rings (SSSR count). The van der Waals surface area contributed by atoms with Gasteiger partial charge in [0.25, 0.3) is 0 Å². The fraction of sp³-hybridized carbons (Fsp3) is 0.385. The Bertz CT molecular complexity index is 1480. The van der Waals surface area contributed by atoms with Crippen molar-refractivity contribution in [1.29, 1.82) is 0 Å². The van der Waals surface area contributed by atoms with E-state index in [2.05, 4.69) is 15.5 Å². The van der Waals surface area contributed by atoms with Gasteiger partial charge in [-0.25, -0.2) is 21.6 Å². The number of hydrogen-bond acceptors (Lipinski definition) is 6. The molecule has 12 heteroatoms. The van der Waals surface area contributed by atoms with E-state index < -0.39 is 43.7 Å². The number of sulfonamides is 1. The molecular formula is C26H27F3N4O4S. The van der Waals surface area contributed by atoms with Gasteiger partial charge in [-0.3, -0.25) is 9.89 Å². The molecule has 2 N–H and O–H groups in total. The molecule has 2 aliphatic heterocycles. The third-order valence-electron chi connectivity index (χ3n) is 7.09. The first-order valence-corrected chi connectivity index (χ1v) is 13.6. The van der Waals surface area contributed by atoms with E-state index in [-0.39, 0.29) is 24.6 Å². The number of ketones is 1. The van der Waals surface area contributed by atoms with Crippen molar-refractivity contribution in [2.45, 2.75) is 56.1 Å². The number of aromatic amines is 1. The Labute approximate surface area is 218 Å². The molecule has 0 aliphatic carbocycles. The summed E-state index contributed by atoms with van der Waals surface area (Å²) in [5.41, 5.74) is 0.327. The fourth-order valence-corrected chi connectivity index (χ4v) is 6.88. The highest BCUT2D eigenvalue weighted by atomic mass is 32.2. The summed E-state index contributed by atoms with van der Waals surface area (Å²) in [4.78, 5) is 12.8. The van der Waals surface area contributed by atoms with Crippen molar-refractivity contribution in [3.63, 3.8) is 0 Å². The minimum absolute atomic E-state index is 0.0423. The summed E-state index contributed by atoms with van der Waals surface area (Å²) >= 11 is 0. The van der Waals surface area contributed by atoms with E-state index in [9.17, 15) is 26.4 Å². The largest absolute Gasteiger partial charge is 0.381 e. The first-order chi connectivity index (χ1) is 18.0. The van der Waals surface area contributed by atoms with Crippen molar-refractivity contribution < 1.29 is 31.1 Å². The monoisotopic (exact) mass is 548 g/mol. The lowest BCUT2D eigenvalue weighted by molar-refractivity contribution is 0.0904. The number of ether oxygens (including phenoxy) is 1. The van der Waals surface area contributed by atoms with Crippen LogP contribution in [0.5, 0.6) is 0 Å². The number of H-pyrrole nitrogens is 1. The van der Waals surface area contributed by atoms with Gasteiger partial charge in [0.15, 0.2) is 5.78 Å². The molecule has 1 saturated heterocycles. The summed E-state index contributed by atoms with van der Waals surface area (Å²) < 4.78 is 75.7. The van der Waals surface area contributed by atoms with E-state index in [1.807, 2.05) is 0 Å². The van der Waals surface area contributed by atoms with Crippen LogP contribution < -0.4 is 5.32 Å². The SMILES string of the molecule is CC1(C)c2n[nH]c(CC(=O)c3c(F)cccc3NC3CCOCC3)c2CN1S(=O)(=O)c1cc(F)cc(F)c1. The highest BCUT2D eigenvalue weighted by Crippen LogP contribution is 2.43. The Kier molecular flexibility index (Phi) is 6.82. The van der Waals surface area contributed by atoms with Crippen LogP contribution in [-0.4, -0.2) is 48.0 Å². The average Bonchev–Trinajstić information content (AvgIpc) is 3.37. The van der Waals surface area contributed by atoms with Crippen molar-refractivity contribution in [1.82, 2.24) is 14.5 Å². The molecule has 1 aromatic heterocycles. The van der Waals surface area contributed by atoms with Crippen LogP contribution in [0.15, 0.2) is 41.3 Å². The number of benzene rings is 2. The number of aromatic nitrogens is 2. The van der Waals surface area contributed by atoms with Crippen LogP contribution in [0, 0.1) is 17.5 Å². The molecule has 38 heavy (non-hydrogen) atoms. The Morgan fingerprint density at radius 3 is 2.53 bits per heavy atom. The summed E-state index contributed by atoms with van der Waals surface area (Å²) in [6.45, 7) is 4.21. The molecule has 0 saturated carbocycles. The summed E-state index contributed by atoms with van der Waals surface area (Å²) in [5.74, 6) is -3.20. The highest BCUT2D eigenvalue weighted by molar-refractivity contribution is 7.89. The quantitative estimate of drug-likeness (QED) is 0.427. The molecule has 0 bridgehead atoms. The normalized spacial score (nSPS) is 17.9. The van der Waals surface area contributed by atoms with Crippen LogP contribution >= 0.6 is 0 Å². The Balaban J connectivity index is 1.42. The molecule has 0 spiro atoms. The summed E-state index contributed by atoms with van der Waals surface area (Å²) in [5, 5.41) is 10.3. The van der Waals surface area contributed by atoms with Gasteiger partial charge < -0.3 is 10.1 Å². The molecule has 0 unspecified atom stereocenters. The number of rotatable bonds is 7. The Morgan fingerprint density at radius 1 is 1.16 bits per heavy atom. The lowest BCUT2D eigenvalue weighted by Gasteiger charge is -2.30. The van der Waals surface area contributed by atoms with E-state index in [0.29, 0.717) is 41.9 Å². The van der Waals surface area contributed by atoms with Gasteiger partial charge in [0, 0.05) is 48.8 Å². The van der Waals surface area contributed by atoms with Crippen molar-refractivity contribution in [3.05, 3.63) is 76.4 Å². The first-order valence-electron chi connectivity index (χ1n) is 12.2. The van der Waals surface area contributed by atoms with E-state index in [1.54, 1.807) is 19.9 Å². The Morgan fingerprint density at radius 2 is 1.84 bits per heavy atom. The number of anilines is 1. The third kappa shape index (κ3) is 4.72. The number of fused-ring (bicyclic) bond motifs is 1. The van der Waals surface area contributed by atoms with Gasteiger partial charge in [0.05, 0.1) is 28.1 Å². The van der Waals surface area contributed by atoms with Crippen LogP contribution in [0.2, 0.25) is 0 Å². The molecule has 3 heterocycles. The second-order valence-electron chi connectivity index (χ2n) is 10.00. The Hall–Kier alpha value is -3.22. The van der Waals surface area contributed by atoms with E-state index in [1.165, 1.54) is 12.1 Å². The van der Waals surface area contributed by atoms with Gasteiger partial charge in [0.1, 0.15) is 17.5 Å². The summed E-state index contributed by atoms with van der Waals surface area (Å²) in [6.07, 6.45) is 1.21. The predicted octanol–water partition coefficient (Wildman–Crippen LogP) is 4.28. The summed E-state index contributed by atoms with van der Waals surface area (Å²) in [7, 11) is -4.32. The molecular weight excluding hydrogens is 521 g/mol. The number of halogens is 3. The number of nitrogens with one attached hydrogen (secondary N) is 2. The second-order valence-corrected chi connectivity index (χ2v) is 11.9. The van der Waals surface area contributed by atoms with Crippen molar-refractivity contribution in [2.24, 2.45) is 0 Å². The number of carbonyl (C=O) groups is 1. The number of nitrogens with zero attached hydrogens (tertiary/aromatic N) is 2. The maximum atomic E-state index is 14.9. The second kappa shape index (κ2) is 9.83. The maximum absolute atomic E-state index is 14.9. The van der Waals surface area contributed by atoms with Gasteiger partial charge in [-0.2, -0.15) is 9.40 Å². The highest BCUT2D eigenvalue weighted by Gasteiger charge is 2.48. The third-order valence-corrected chi connectivity index (χ3v) is 9.09. The van der Waals surface area contributed by atoms with E-state index >= 15 is 0 Å². The van der Waals surface area contributed by atoms with Crippen LogP contribution in [0.4, 0.5) is 18.9 Å². The van der Waals surface area contributed by atoms with Crippen molar-refractivity contribution in [3.8, 4) is 0 Å². The minimum Gasteiger partial charge on any atom is -0.381 e. The topological polar surface area (TPSA) is 104 Å². The van der Waals surface area contributed by atoms with Gasteiger partial charge >= 0.3 is 0 Å². The zero-order chi connectivity index (χ0) is 27.2. The summed E-state index contributed by atoms with van der Waals surface area (Å²) in [6, 6.07) is 6.55. The average molecular weight is 549 g/mol. The number of Topliss-reactive ketones (excluding diaryl/α,β-unsaturated/α-hetero) is 1. The number of carbonyl (C=O) groups excluding carboxylic acids is 1. The molecule has 0 radical (unpaired) electrons. The smallest absolute Gasteiger partial charge is 0.244 e. The number of hydrogen-bond donors (Lipinski definition) is 2. The van der Waals surface area contributed by atoms with Crippen LogP contribution in [0.25, 0.3) is 0 Å². The zero-order valence-electron chi connectivity index (χ0n) is 20.9. The van der Waals surface area contributed by atoms with Gasteiger partial charge in [-0.1, -0.05) is 6.07 Å². The minimum atomic E-state index is -4.32. The predicted molar refractivity (Wildman–Crippen MR) is 133 cm³/mol. The molecule has 2 aromatic carbocycles. The standard InChI is InChI=1S/C26H27F3N4O4S/c1-26(2)25-19(14-33(26)38(35,36)18-11-15(27)10-16(28)12-18)22(31-32-25)13-23(34)24-20(29)4-3-5-21(24)30-17-6-8-37-9-7-17/h3-5,10-12,17,30H,6-9,13-14H2,1-2H3,(H,31,32). The molecule has 0 amide bonds. The lowest BCUT2D eigenvalue weighted by atomic mass is 9.98.